The second kappa shape index (κ2) is 2.92. The Morgan fingerprint density at radius 3 is 2.80 bits per heavy atom. The van der Waals surface area contributed by atoms with Gasteiger partial charge in [0.1, 0.15) is 0 Å². The summed E-state index contributed by atoms with van der Waals surface area (Å²) in [6.45, 7) is 4.57. The summed E-state index contributed by atoms with van der Waals surface area (Å²) in [6, 6.07) is 0. The Kier molecular flexibility index (Phi) is 2.02. The van der Waals surface area contributed by atoms with Crippen molar-refractivity contribution in [2.45, 2.75) is 37.9 Å². The van der Waals surface area contributed by atoms with Crippen LogP contribution in [0.1, 0.15) is 26.7 Å². The van der Waals surface area contributed by atoms with E-state index < -0.39 is 5.06 Å². The lowest BCUT2D eigenvalue weighted by Gasteiger charge is -2.63. The van der Waals surface area contributed by atoms with Gasteiger partial charge in [0.05, 0.1) is 6.10 Å². The Balaban J connectivity index is 1.89. The first-order chi connectivity index (χ1) is 6.98. The van der Waals surface area contributed by atoms with Crippen LogP contribution in [-0.4, -0.2) is 24.7 Å². The van der Waals surface area contributed by atoms with Gasteiger partial charge in [0.25, 0.3) is 0 Å². The molecule has 1 aliphatic heterocycles. The molecule has 0 radical (unpaired) electrons. The molecule has 4 fully saturated rings. The highest BCUT2D eigenvalue weighted by Crippen LogP contribution is 2.66. The van der Waals surface area contributed by atoms with E-state index in [0.29, 0.717) is 17.8 Å². The Hall–Kier alpha value is 0.235. The van der Waals surface area contributed by atoms with Gasteiger partial charge in [-0.3, -0.25) is 0 Å². The molecule has 84 valence electrons. The third kappa shape index (κ3) is 1.14. The molecule has 15 heavy (non-hydrogen) atoms. The molecule has 4 aliphatic rings. The van der Waals surface area contributed by atoms with E-state index >= 15 is 0 Å². The summed E-state index contributed by atoms with van der Waals surface area (Å²) >= 11 is 6.62. The van der Waals surface area contributed by atoms with Crippen LogP contribution in [0.4, 0.5) is 0 Å². The zero-order valence-corrected chi connectivity index (χ0v) is 9.96. The smallest absolute Gasteiger partial charge is 0.403 e. The predicted molar refractivity (Wildman–Crippen MR) is 59.3 cm³/mol. The molecule has 3 nitrogen and oxygen atoms in total. The van der Waals surface area contributed by atoms with E-state index in [1.807, 2.05) is 0 Å². The van der Waals surface area contributed by atoms with Gasteiger partial charge in [-0.1, -0.05) is 25.4 Å². The Labute approximate surface area is 95.8 Å². The van der Waals surface area contributed by atoms with Crippen LogP contribution in [-0.2, 0) is 9.31 Å². The van der Waals surface area contributed by atoms with Gasteiger partial charge >= 0.3 is 7.12 Å². The monoisotopic (exact) mass is 229 g/mol. The van der Waals surface area contributed by atoms with Crippen molar-refractivity contribution in [3.8, 4) is 0 Å². The first-order valence-corrected chi connectivity index (χ1v) is 6.08. The summed E-state index contributed by atoms with van der Waals surface area (Å²) in [4.78, 5) is 0. The van der Waals surface area contributed by atoms with Crippen LogP contribution >= 0.6 is 11.6 Å². The number of nitrogens with two attached hydrogens (primary N) is 1. The van der Waals surface area contributed by atoms with Gasteiger partial charge in [-0.15, -0.1) is 0 Å². The highest BCUT2D eigenvalue weighted by molar-refractivity contribution is 6.47. The maximum absolute atomic E-state index is 6.62. The van der Waals surface area contributed by atoms with Crippen molar-refractivity contribution in [1.82, 2.24) is 0 Å². The normalized spacial score (nSPS) is 51.2. The summed E-state index contributed by atoms with van der Waals surface area (Å²) in [7, 11) is -0.303. The van der Waals surface area contributed by atoms with E-state index in [2.05, 4.69) is 13.8 Å². The van der Waals surface area contributed by atoms with Crippen molar-refractivity contribution >= 4 is 18.7 Å². The highest BCUT2D eigenvalue weighted by atomic mass is 35.5. The second-order valence-electron chi connectivity index (χ2n) is 5.65. The van der Waals surface area contributed by atoms with Crippen molar-refractivity contribution in [2.24, 2.45) is 23.0 Å². The maximum Gasteiger partial charge on any atom is 0.473 e. The van der Waals surface area contributed by atoms with Crippen LogP contribution in [0.5, 0.6) is 0 Å². The van der Waals surface area contributed by atoms with Crippen molar-refractivity contribution < 1.29 is 9.31 Å². The Bertz CT molecular complexity index is 301. The first-order valence-electron chi connectivity index (χ1n) is 5.70. The summed E-state index contributed by atoms with van der Waals surface area (Å²) in [5, 5.41) is -0.609. The van der Waals surface area contributed by atoms with E-state index in [9.17, 15) is 0 Å². The molecule has 3 saturated carbocycles. The molecule has 0 spiro atoms. The Morgan fingerprint density at radius 1 is 1.47 bits per heavy atom. The van der Waals surface area contributed by atoms with Gasteiger partial charge in [0.15, 0.2) is 5.06 Å². The zero-order chi connectivity index (χ0) is 10.8. The van der Waals surface area contributed by atoms with E-state index in [0.717, 1.165) is 12.3 Å². The second-order valence-corrected chi connectivity index (χ2v) is 6.24. The van der Waals surface area contributed by atoms with E-state index in [4.69, 9.17) is 26.6 Å². The molecule has 2 N–H and O–H groups in total. The molecule has 0 aromatic carbocycles. The van der Waals surface area contributed by atoms with Crippen LogP contribution in [0.2, 0.25) is 0 Å². The summed E-state index contributed by atoms with van der Waals surface area (Å²) in [5.41, 5.74) is 5.86. The fourth-order valence-electron chi connectivity index (χ4n) is 3.55. The molecule has 0 aromatic rings. The van der Waals surface area contributed by atoms with Gasteiger partial charge in [0, 0.05) is 12.4 Å². The third-order valence-corrected chi connectivity index (χ3v) is 5.30. The van der Waals surface area contributed by atoms with Gasteiger partial charge < -0.3 is 15.0 Å². The molecule has 0 unspecified atom stereocenters. The van der Waals surface area contributed by atoms with E-state index in [-0.39, 0.29) is 13.2 Å². The average Bonchev–Trinajstić information content (AvgIpc) is 2.53. The topological polar surface area (TPSA) is 44.5 Å². The minimum Gasteiger partial charge on any atom is -0.403 e. The molecular formula is C10H17BClNO2. The summed E-state index contributed by atoms with van der Waals surface area (Å²) < 4.78 is 11.5. The predicted octanol–water partition coefficient (Wildman–Crippen LogP) is 1.39. The SMILES string of the molecule is CC1(C)[C@@H]2C[C@H]3OB(CN)O[C@@]3(Cl)[C@H]1C2. The quantitative estimate of drug-likeness (QED) is 0.546. The van der Waals surface area contributed by atoms with E-state index in [1.165, 1.54) is 6.42 Å². The zero-order valence-electron chi connectivity index (χ0n) is 9.20. The van der Waals surface area contributed by atoms with Crippen molar-refractivity contribution in [3.05, 3.63) is 0 Å². The molecule has 4 atom stereocenters. The summed E-state index contributed by atoms with van der Waals surface area (Å²) in [5.74, 6) is 1.14. The van der Waals surface area contributed by atoms with Crippen LogP contribution in [0, 0.1) is 17.3 Å². The molecule has 0 amide bonds. The molecular weight excluding hydrogens is 212 g/mol. The van der Waals surface area contributed by atoms with Gasteiger partial charge in [-0.05, 0) is 24.2 Å². The lowest BCUT2D eigenvalue weighted by molar-refractivity contribution is -0.170. The summed E-state index contributed by atoms with van der Waals surface area (Å²) in [6.07, 6.45) is 2.63. The Morgan fingerprint density at radius 2 is 2.20 bits per heavy atom. The molecule has 0 aromatic heterocycles. The first kappa shape index (κ1) is 10.4. The number of hydrogen-bond acceptors (Lipinski definition) is 3. The standard InChI is InChI=1S/C10H17BClNO2/c1-9(2)6-3-7(9)10(12)8(4-6)14-11(5-13)15-10/h6-8H,3-5,13H2,1-2H3/t6-,7-,8+,10-/m0/s1. The van der Waals surface area contributed by atoms with Crippen molar-refractivity contribution in [2.75, 3.05) is 6.44 Å². The van der Waals surface area contributed by atoms with Crippen molar-refractivity contribution in [3.63, 3.8) is 0 Å². The maximum atomic E-state index is 6.62. The molecule has 4 rings (SSSR count). The molecule has 3 aliphatic carbocycles. The number of halogens is 1. The average molecular weight is 230 g/mol. The van der Waals surface area contributed by atoms with Crippen LogP contribution in [0.15, 0.2) is 0 Å². The minimum absolute atomic E-state index is 0.0458. The van der Waals surface area contributed by atoms with Crippen molar-refractivity contribution in [1.29, 1.82) is 0 Å². The third-order valence-electron chi connectivity index (χ3n) is 4.70. The van der Waals surface area contributed by atoms with Crippen LogP contribution in [0.25, 0.3) is 0 Å². The fraction of sp³-hybridized carbons (Fsp3) is 1.00. The largest absolute Gasteiger partial charge is 0.473 e. The van der Waals surface area contributed by atoms with Crippen LogP contribution in [0.3, 0.4) is 0 Å². The van der Waals surface area contributed by atoms with E-state index in [1.54, 1.807) is 0 Å². The fourth-order valence-corrected chi connectivity index (χ4v) is 4.16. The molecule has 5 heteroatoms. The molecule has 1 saturated heterocycles. The minimum atomic E-state index is -0.609. The van der Waals surface area contributed by atoms with Crippen LogP contribution < -0.4 is 5.73 Å². The number of alkyl halides is 1. The molecule has 1 heterocycles. The number of hydrogen-bond donors (Lipinski definition) is 1. The molecule has 2 bridgehead atoms. The lowest BCUT2D eigenvalue weighted by Crippen LogP contribution is -2.64. The lowest BCUT2D eigenvalue weighted by atomic mass is 9.47. The number of rotatable bonds is 1. The van der Waals surface area contributed by atoms with Gasteiger partial charge in [-0.25, -0.2) is 0 Å². The van der Waals surface area contributed by atoms with Gasteiger partial charge in [0.2, 0.25) is 0 Å². The van der Waals surface area contributed by atoms with Gasteiger partial charge in [-0.2, -0.15) is 0 Å². The highest BCUT2D eigenvalue weighted by Gasteiger charge is 2.69.